The zero-order valence-corrected chi connectivity index (χ0v) is 16.1. The van der Waals surface area contributed by atoms with Crippen LogP contribution >= 0.6 is 0 Å². The van der Waals surface area contributed by atoms with Crippen LogP contribution in [0.25, 0.3) is 5.52 Å². The van der Waals surface area contributed by atoms with Gasteiger partial charge in [-0.15, -0.1) is 0 Å². The standard InChI is InChI=1S/C20H19N3O4S/c1-2-10-28(25,26)22-17-7-5-6-15(11-17)20(24)27-14-16-13-23-9-4-3-8-19(23)18(16)12-21/h3-9,11,13,22H,2,10,14H2,1H3. The van der Waals surface area contributed by atoms with Gasteiger partial charge in [0.05, 0.1) is 22.4 Å². The van der Waals surface area contributed by atoms with Crippen molar-refractivity contribution in [2.75, 3.05) is 10.5 Å². The summed E-state index contributed by atoms with van der Waals surface area (Å²) in [7, 11) is -3.45. The van der Waals surface area contributed by atoms with E-state index in [1.807, 2.05) is 24.4 Å². The largest absolute Gasteiger partial charge is 0.457 e. The van der Waals surface area contributed by atoms with E-state index in [1.165, 1.54) is 6.07 Å². The summed E-state index contributed by atoms with van der Waals surface area (Å²) >= 11 is 0. The van der Waals surface area contributed by atoms with Crippen LogP contribution in [-0.4, -0.2) is 24.5 Å². The highest BCUT2D eigenvalue weighted by Crippen LogP contribution is 2.20. The number of carbonyl (C=O) groups excluding carboxylic acids is 1. The molecule has 28 heavy (non-hydrogen) atoms. The Morgan fingerprint density at radius 1 is 1.25 bits per heavy atom. The Morgan fingerprint density at radius 3 is 2.82 bits per heavy atom. The van der Waals surface area contributed by atoms with Gasteiger partial charge in [-0.05, 0) is 36.8 Å². The van der Waals surface area contributed by atoms with E-state index in [0.717, 1.165) is 5.52 Å². The van der Waals surface area contributed by atoms with Gasteiger partial charge >= 0.3 is 5.97 Å². The van der Waals surface area contributed by atoms with Gasteiger partial charge in [0.1, 0.15) is 12.7 Å². The summed E-state index contributed by atoms with van der Waals surface area (Å²) in [5, 5.41) is 9.41. The highest BCUT2D eigenvalue weighted by atomic mass is 32.2. The first-order chi connectivity index (χ1) is 13.4. The minimum Gasteiger partial charge on any atom is -0.457 e. The number of hydrogen-bond acceptors (Lipinski definition) is 5. The number of ether oxygens (including phenoxy) is 1. The van der Waals surface area contributed by atoms with Gasteiger partial charge in [-0.1, -0.05) is 19.1 Å². The monoisotopic (exact) mass is 397 g/mol. The third kappa shape index (κ3) is 4.32. The molecule has 0 fully saturated rings. The van der Waals surface area contributed by atoms with E-state index in [2.05, 4.69) is 10.8 Å². The lowest BCUT2D eigenvalue weighted by atomic mass is 10.2. The van der Waals surface area contributed by atoms with E-state index in [4.69, 9.17) is 4.74 Å². The number of sulfonamides is 1. The second-order valence-corrected chi connectivity index (χ2v) is 8.05. The van der Waals surface area contributed by atoms with Gasteiger partial charge < -0.3 is 9.14 Å². The van der Waals surface area contributed by atoms with Crippen LogP contribution in [0.1, 0.15) is 34.8 Å². The molecule has 8 heteroatoms. The molecule has 0 aliphatic rings. The number of nitrogens with zero attached hydrogens (tertiary/aromatic N) is 2. The second kappa shape index (κ2) is 8.15. The fraction of sp³-hybridized carbons (Fsp3) is 0.200. The molecule has 0 aliphatic carbocycles. The fourth-order valence-electron chi connectivity index (χ4n) is 2.85. The highest BCUT2D eigenvalue weighted by molar-refractivity contribution is 7.92. The van der Waals surface area contributed by atoms with E-state index >= 15 is 0 Å². The lowest BCUT2D eigenvalue weighted by Crippen LogP contribution is -2.16. The molecule has 0 atom stereocenters. The molecule has 3 aromatic rings. The van der Waals surface area contributed by atoms with Crippen molar-refractivity contribution in [2.24, 2.45) is 0 Å². The van der Waals surface area contributed by atoms with E-state index in [0.29, 0.717) is 23.2 Å². The molecule has 0 saturated carbocycles. The van der Waals surface area contributed by atoms with E-state index < -0.39 is 16.0 Å². The molecule has 3 rings (SSSR count). The smallest absolute Gasteiger partial charge is 0.338 e. The Hall–Kier alpha value is -3.31. The van der Waals surface area contributed by atoms with Gasteiger partial charge in [-0.3, -0.25) is 4.72 Å². The molecule has 0 bridgehead atoms. The molecule has 0 aliphatic heterocycles. The summed E-state index contributed by atoms with van der Waals surface area (Å²) in [5.74, 6) is -0.600. The van der Waals surface area contributed by atoms with Crippen LogP contribution in [0.4, 0.5) is 5.69 Å². The Balaban J connectivity index is 1.74. The average molecular weight is 397 g/mol. The summed E-state index contributed by atoms with van der Waals surface area (Å²) in [6.07, 6.45) is 4.05. The molecule has 0 amide bonds. The number of aromatic nitrogens is 1. The van der Waals surface area contributed by atoms with Gasteiger partial charge in [0.25, 0.3) is 0 Å². The van der Waals surface area contributed by atoms with Crippen LogP contribution in [0, 0.1) is 11.3 Å². The van der Waals surface area contributed by atoms with E-state index in [9.17, 15) is 18.5 Å². The van der Waals surface area contributed by atoms with Crippen LogP contribution in [-0.2, 0) is 21.4 Å². The lowest BCUT2D eigenvalue weighted by molar-refractivity contribution is 0.0472. The minimum absolute atomic E-state index is 0.000820. The van der Waals surface area contributed by atoms with Crippen molar-refractivity contribution in [3.05, 3.63) is 71.5 Å². The van der Waals surface area contributed by atoms with Crippen molar-refractivity contribution >= 4 is 27.2 Å². The number of esters is 1. The summed E-state index contributed by atoms with van der Waals surface area (Å²) in [4.78, 5) is 12.4. The van der Waals surface area contributed by atoms with Gasteiger partial charge in [0.2, 0.25) is 10.0 Å². The molecular weight excluding hydrogens is 378 g/mol. The number of benzene rings is 1. The predicted molar refractivity (Wildman–Crippen MR) is 105 cm³/mol. The molecule has 7 nitrogen and oxygen atoms in total. The maximum atomic E-state index is 12.4. The van der Waals surface area contributed by atoms with Crippen LogP contribution < -0.4 is 4.72 Å². The third-order valence-corrected chi connectivity index (χ3v) is 5.57. The number of hydrogen-bond donors (Lipinski definition) is 1. The van der Waals surface area contributed by atoms with E-state index in [1.54, 1.807) is 35.7 Å². The summed E-state index contributed by atoms with van der Waals surface area (Å²) in [6.45, 7) is 1.71. The molecule has 0 spiro atoms. The van der Waals surface area contributed by atoms with Crippen LogP contribution in [0.5, 0.6) is 0 Å². The highest BCUT2D eigenvalue weighted by Gasteiger charge is 2.15. The van der Waals surface area contributed by atoms with Crippen molar-refractivity contribution < 1.29 is 17.9 Å². The number of anilines is 1. The third-order valence-electron chi connectivity index (χ3n) is 4.08. The SMILES string of the molecule is CCCS(=O)(=O)Nc1cccc(C(=O)OCc2cn3ccccc3c2C#N)c1. The quantitative estimate of drug-likeness (QED) is 0.617. The van der Waals surface area contributed by atoms with Gasteiger partial charge in [0.15, 0.2) is 0 Å². The van der Waals surface area contributed by atoms with Crippen molar-refractivity contribution in [3.63, 3.8) is 0 Å². The van der Waals surface area contributed by atoms with Crippen molar-refractivity contribution in [2.45, 2.75) is 20.0 Å². The van der Waals surface area contributed by atoms with Crippen molar-refractivity contribution in [3.8, 4) is 6.07 Å². The molecule has 0 unspecified atom stereocenters. The van der Waals surface area contributed by atoms with Gasteiger partial charge in [-0.2, -0.15) is 5.26 Å². The first-order valence-corrected chi connectivity index (χ1v) is 10.3. The molecule has 1 N–H and O–H groups in total. The molecular formula is C20H19N3O4S. The van der Waals surface area contributed by atoms with Crippen LogP contribution in [0.2, 0.25) is 0 Å². The molecule has 2 aromatic heterocycles. The number of fused-ring (bicyclic) bond motifs is 1. The molecule has 0 saturated heterocycles. The van der Waals surface area contributed by atoms with Gasteiger partial charge in [-0.25, -0.2) is 13.2 Å². The Morgan fingerprint density at radius 2 is 2.07 bits per heavy atom. The Labute approximate surface area is 163 Å². The zero-order valence-electron chi connectivity index (χ0n) is 15.3. The molecule has 1 aromatic carbocycles. The van der Waals surface area contributed by atoms with Crippen LogP contribution in [0.3, 0.4) is 0 Å². The molecule has 2 heterocycles. The number of nitriles is 1. The maximum absolute atomic E-state index is 12.4. The number of rotatable bonds is 7. The lowest BCUT2D eigenvalue weighted by Gasteiger charge is -2.09. The van der Waals surface area contributed by atoms with E-state index in [-0.39, 0.29) is 17.9 Å². The van der Waals surface area contributed by atoms with Gasteiger partial charge in [0, 0.05) is 23.6 Å². The molecule has 0 radical (unpaired) electrons. The normalized spacial score (nSPS) is 11.1. The van der Waals surface area contributed by atoms with Crippen molar-refractivity contribution in [1.82, 2.24) is 4.40 Å². The van der Waals surface area contributed by atoms with Crippen LogP contribution in [0.15, 0.2) is 54.9 Å². The predicted octanol–water partition coefficient (Wildman–Crippen LogP) is 3.32. The maximum Gasteiger partial charge on any atom is 0.338 e. The fourth-order valence-corrected chi connectivity index (χ4v) is 3.98. The number of nitrogens with one attached hydrogen (secondary N) is 1. The average Bonchev–Trinajstić information content (AvgIpc) is 3.03. The second-order valence-electron chi connectivity index (χ2n) is 6.21. The first kappa shape index (κ1) is 19.5. The minimum atomic E-state index is -3.45. The summed E-state index contributed by atoms with van der Waals surface area (Å²) in [6, 6.07) is 13.7. The topological polar surface area (TPSA) is 101 Å². The Bertz CT molecular complexity index is 1160. The first-order valence-electron chi connectivity index (χ1n) is 8.70. The number of carbonyl (C=O) groups is 1. The zero-order chi connectivity index (χ0) is 20.1. The number of pyridine rings is 1. The summed E-state index contributed by atoms with van der Waals surface area (Å²) in [5.41, 5.74) is 2.31. The van der Waals surface area contributed by atoms with Crippen molar-refractivity contribution in [1.29, 1.82) is 5.26 Å². The molecule has 144 valence electrons. The summed E-state index contributed by atoms with van der Waals surface area (Å²) < 4.78 is 33.4. The Kier molecular flexibility index (Phi) is 5.66.